The fourth-order valence-corrected chi connectivity index (χ4v) is 9.30. The van der Waals surface area contributed by atoms with Gasteiger partial charge in [-0.2, -0.15) is 0 Å². The van der Waals surface area contributed by atoms with Gasteiger partial charge in [-0.1, -0.05) is 121 Å². The number of para-hydroxylation sites is 2. The van der Waals surface area contributed by atoms with Crippen LogP contribution in [0.3, 0.4) is 0 Å². The van der Waals surface area contributed by atoms with Gasteiger partial charge in [-0.15, -0.1) is 22.7 Å². The molecule has 0 saturated carbocycles. The summed E-state index contributed by atoms with van der Waals surface area (Å²) in [5.41, 5.74) is 13.4. The van der Waals surface area contributed by atoms with E-state index in [0.717, 1.165) is 66.4 Å². The molecule has 286 valence electrons. The Bertz CT molecular complexity index is 2720. The minimum absolute atomic E-state index is 1.01. The van der Waals surface area contributed by atoms with Crippen molar-refractivity contribution in [2.45, 2.75) is 0 Å². The first kappa shape index (κ1) is 36.9. The van der Waals surface area contributed by atoms with E-state index in [1.54, 1.807) is 22.7 Å². The molecular formula is C54H38N4S2. The fraction of sp³-hybridized carbons (Fsp3) is 0. The Morgan fingerprint density at radius 1 is 0.250 bits per heavy atom. The molecule has 4 nitrogen and oxygen atoms in total. The molecule has 0 bridgehead atoms. The molecular weight excluding hydrogens is 769 g/mol. The maximum Gasteiger partial charge on any atom is 0.123 e. The van der Waals surface area contributed by atoms with Gasteiger partial charge in [0.2, 0.25) is 0 Å². The quantitative estimate of drug-likeness (QED) is 0.130. The van der Waals surface area contributed by atoms with Gasteiger partial charge < -0.3 is 9.80 Å². The van der Waals surface area contributed by atoms with Crippen LogP contribution < -0.4 is 9.80 Å². The number of hydrogen-bond acceptors (Lipinski definition) is 6. The first-order chi connectivity index (χ1) is 29.7. The molecule has 0 N–H and O–H groups in total. The number of thiazole rings is 2. The van der Waals surface area contributed by atoms with Crippen LogP contribution in [-0.2, 0) is 0 Å². The van der Waals surface area contributed by atoms with E-state index >= 15 is 0 Å². The molecule has 2 heterocycles. The van der Waals surface area contributed by atoms with Crippen LogP contribution in [-0.4, -0.2) is 9.97 Å². The Kier molecular flexibility index (Phi) is 10.4. The Morgan fingerprint density at radius 3 is 0.833 bits per heavy atom. The van der Waals surface area contributed by atoms with Gasteiger partial charge in [-0.05, 0) is 119 Å². The molecule has 2 aromatic heterocycles. The molecule has 0 amide bonds. The molecule has 0 radical (unpaired) electrons. The summed E-state index contributed by atoms with van der Waals surface area (Å²) in [6.07, 6.45) is 3.94. The lowest BCUT2D eigenvalue weighted by Crippen LogP contribution is -2.10. The van der Waals surface area contributed by atoms with Crippen molar-refractivity contribution in [1.82, 2.24) is 9.97 Å². The lowest BCUT2D eigenvalue weighted by Gasteiger charge is -2.26. The minimum Gasteiger partial charge on any atom is -0.311 e. The Labute approximate surface area is 358 Å². The van der Waals surface area contributed by atoms with Crippen molar-refractivity contribution in [2.75, 3.05) is 9.80 Å². The van der Waals surface area contributed by atoms with Gasteiger partial charge in [-0.25, -0.2) is 9.97 Å². The summed E-state index contributed by atoms with van der Waals surface area (Å²) in [6.45, 7) is 0. The van der Waals surface area contributed by atoms with Crippen LogP contribution in [0, 0.1) is 0 Å². The number of benzene rings is 8. The molecule has 0 fully saturated rings. The van der Waals surface area contributed by atoms with Gasteiger partial charge in [0.25, 0.3) is 0 Å². The number of rotatable bonds is 11. The van der Waals surface area contributed by atoms with Crippen molar-refractivity contribution < 1.29 is 0 Å². The van der Waals surface area contributed by atoms with Crippen molar-refractivity contribution in [3.63, 3.8) is 0 Å². The molecule has 0 atom stereocenters. The molecule has 0 aliphatic carbocycles. The molecule has 0 spiro atoms. The van der Waals surface area contributed by atoms with Crippen molar-refractivity contribution in [3.05, 3.63) is 231 Å². The standard InChI is InChI=1S/C54H38N4S2/c1-5-13-41(14-6-1)51-37-55-53(59-51)43-25-33-49(34-26-43)57(45-17-9-3-10-18-45)47-29-21-39(22-30-47)40-23-31-48(32-24-40)58(46-19-11-4-12-20-46)50-35-27-44(28-36-50)54-56-38-52(60-54)42-15-7-2-8-16-42/h1-38H. The third-order valence-corrected chi connectivity index (χ3v) is 12.7. The van der Waals surface area contributed by atoms with E-state index in [-0.39, 0.29) is 0 Å². The molecule has 60 heavy (non-hydrogen) atoms. The molecule has 10 aromatic rings. The van der Waals surface area contributed by atoms with E-state index in [9.17, 15) is 0 Å². The predicted molar refractivity (Wildman–Crippen MR) is 254 cm³/mol. The summed E-state index contributed by atoms with van der Waals surface area (Å²) in [7, 11) is 0. The van der Waals surface area contributed by atoms with Crippen LogP contribution in [0.15, 0.2) is 231 Å². The van der Waals surface area contributed by atoms with Crippen molar-refractivity contribution >= 4 is 56.8 Å². The summed E-state index contributed by atoms with van der Waals surface area (Å²) in [4.78, 5) is 16.5. The summed E-state index contributed by atoms with van der Waals surface area (Å²) >= 11 is 3.43. The second-order valence-electron chi connectivity index (χ2n) is 14.3. The summed E-state index contributed by atoms with van der Waals surface area (Å²) < 4.78 is 0. The zero-order chi connectivity index (χ0) is 40.1. The summed E-state index contributed by atoms with van der Waals surface area (Å²) in [5, 5.41) is 2.02. The number of aromatic nitrogens is 2. The molecule has 0 aliphatic heterocycles. The van der Waals surface area contributed by atoms with Gasteiger partial charge in [0, 0.05) is 57.6 Å². The van der Waals surface area contributed by atoms with Gasteiger partial charge in [0.1, 0.15) is 10.0 Å². The van der Waals surface area contributed by atoms with Gasteiger partial charge in [0.05, 0.1) is 9.75 Å². The summed E-state index contributed by atoms with van der Waals surface area (Å²) in [5.74, 6) is 0. The van der Waals surface area contributed by atoms with Crippen molar-refractivity contribution in [2.24, 2.45) is 0 Å². The second kappa shape index (κ2) is 16.8. The number of nitrogens with zero attached hydrogens (tertiary/aromatic N) is 4. The van der Waals surface area contributed by atoms with Gasteiger partial charge in [0.15, 0.2) is 0 Å². The maximum absolute atomic E-state index is 4.76. The zero-order valence-corrected chi connectivity index (χ0v) is 34.2. The molecule has 8 aromatic carbocycles. The van der Waals surface area contributed by atoms with E-state index in [2.05, 4.69) is 216 Å². The Hall–Kier alpha value is -7.38. The Balaban J connectivity index is 0.899. The largest absolute Gasteiger partial charge is 0.311 e. The monoisotopic (exact) mass is 806 g/mol. The van der Waals surface area contributed by atoms with E-state index in [4.69, 9.17) is 9.97 Å². The second-order valence-corrected chi connectivity index (χ2v) is 16.4. The average molecular weight is 807 g/mol. The number of anilines is 6. The van der Waals surface area contributed by atoms with E-state index in [1.165, 1.54) is 20.9 Å². The Morgan fingerprint density at radius 2 is 0.517 bits per heavy atom. The minimum atomic E-state index is 1.01. The molecule has 6 heteroatoms. The van der Waals surface area contributed by atoms with Crippen LogP contribution in [0.4, 0.5) is 34.1 Å². The molecule has 0 aliphatic rings. The topological polar surface area (TPSA) is 32.3 Å². The highest BCUT2D eigenvalue weighted by molar-refractivity contribution is 7.18. The first-order valence-corrected chi connectivity index (χ1v) is 21.5. The van der Waals surface area contributed by atoms with Gasteiger partial charge >= 0.3 is 0 Å². The summed E-state index contributed by atoms with van der Waals surface area (Å²) in [6, 6.07) is 77.1. The van der Waals surface area contributed by atoms with Crippen molar-refractivity contribution in [3.8, 4) is 53.2 Å². The average Bonchev–Trinajstić information content (AvgIpc) is 4.04. The predicted octanol–water partition coefficient (Wildman–Crippen LogP) is 15.9. The normalized spacial score (nSPS) is 11.0. The highest BCUT2D eigenvalue weighted by Crippen LogP contribution is 2.40. The lowest BCUT2D eigenvalue weighted by molar-refractivity contribution is 1.28. The molecule has 0 saturated heterocycles. The van der Waals surface area contributed by atoms with Crippen LogP contribution >= 0.6 is 22.7 Å². The van der Waals surface area contributed by atoms with Crippen LogP contribution in [0.1, 0.15) is 0 Å². The van der Waals surface area contributed by atoms with Crippen LogP contribution in [0.2, 0.25) is 0 Å². The van der Waals surface area contributed by atoms with E-state index < -0.39 is 0 Å². The maximum atomic E-state index is 4.76. The van der Waals surface area contributed by atoms with Crippen molar-refractivity contribution in [1.29, 1.82) is 0 Å². The first-order valence-electron chi connectivity index (χ1n) is 19.9. The zero-order valence-electron chi connectivity index (χ0n) is 32.5. The molecule has 10 rings (SSSR count). The highest BCUT2D eigenvalue weighted by Gasteiger charge is 2.16. The third kappa shape index (κ3) is 7.77. The van der Waals surface area contributed by atoms with E-state index in [1.807, 2.05) is 24.5 Å². The highest BCUT2D eigenvalue weighted by atomic mass is 32.1. The molecule has 0 unspecified atom stereocenters. The smallest absolute Gasteiger partial charge is 0.123 e. The lowest BCUT2D eigenvalue weighted by atomic mass is 10.0. The van der Waals surface area contributed by atoms with Crippen LogP contribution in [0.25, 0.3) is 53.2 Å². The third-order valence-electron chi connectivity index (χ3n) is 10.5. The SMILES string of the molecule is c1ccc(-c2cnc(-c3ccc(N(c4ccccc4)c4ccc(-c5ccc(N(c6ccccc6)c6ccc(-c7ncc(-c8ccccc8)s7)cc6)cc5)cc4)cc3)s2)cc1. The van der Waals surface area contributed by atoms with Gasteiger partial charge in [-0.3, -0.25) is 0 Å². The van der Waals surface area contributed by atoms with E-state index in [0.29, 0.717) is 0 Å². The van der Waals surface area contributed by atoms with Crippen LogP contribution in [0.5, 0.6) is 0 Å². The fourth-order valence-electron chi connectivity index (χ4n) is 7.45. The number of hydrogen-bond donors (Lipinski definition) is 0.